The van der Waals surface area contributed by atoms with Crippen molar-refractivity contribution in [2.75, 3.05) is 0 Å². The summed E-state index contributed by atoms with van der Waals surface area (Å²) < 4.78 is 7.59. The first-order chi connectivity index (χ1) is 14.3. The highest BCUT2D eigenvalue weighted by atomic mass is 35.5. The number of rotatable bonds is 5. The lowest BCUT2D eigenvalue weighted by molar-refractivity contribution is 0.369. The lowest BCUT2D eigenvalue weighted by Crippen LogP contribution is -2.02. The summed E-state index contributed by atoms with van der Waals surface area (Å²) in [6, 6.07) is 11.5. The fourth-order valence-electron chi connectivity index (χ4n) is 3.57. The van der Waals surface area contributed by atoms with Gasteiger partial charge < -0.3 is 4.52 Å². The van der Waals surface area contributed by atoms with Crippen LogP contribution in [0.25, 0.3) is 17.1 Å². The van der Waals surface area contributed by atoms with Crippen molar-refractivity contribution < 1.29 is 4.52 Å². The quantitative estimate of drug-likeness (QED) is 0.414. The van der Waals surface area contributed by atoms with Gasteiger partial charge in [0.1, 0.15) is 5.76 Å². The molecule has 0 fully saturated rings. The number of hydrogen-bond acceptors (Lipinski definition) is 6. The molecule has 0 spiro atoms. The second-order valence-electron chi connectivity index (χ2n) is 6.88. The number of benzene rings is 1. The average Bonchev–Trinajstić information content (AvgIpc) is 3.38. The van der Waals surface area contributed by atoms with Gasteiger partial charge in [-0.3, -0.25) is 9.55 Å². The number of fused-ring (bicyclic) bond motifs is 1. The molecule has 0 unspecified atom stereocenters. The van der Waals surface area contributed by atoms with Crippen LogP contribution in [0.5, 0.6) is 0 Å². The maximum absolute atomic E-state index is 6.09. The van der Waals surface area contributed by atoms with E-state index in [9.17, 15) is 0 Å². The van der Waals surface area contributed by atoms with E-state index in [2.05, 4.69) is 20.3 Å². The molecule has 3 heterocycles. The molecule has 1 aliphatic rings. The second kappa shape index (κ2) is 8.00. The van der Waals surface area contributed by atoms with Crippen molar-refractivity contribution in [1.29, 1.82) is 0 Å². The zero-order valence-electron chi connectivity index (χ0n) is 15.6. The van der Waals surface area contributed by atoms with Crippen LogP contribution in [0, 0.1) is 0 Å². The molecule has 0 atom stereocenters. The Morgan fingerprint density at radius 2 is 1.79 bits per heavy atom. The number of thioether (sulfide) groups is 1. The second-order valence-corrected chi connectivity index (χ2v) is 8.26. The van der Waals surface area contributed by atoms with E-state index < -0.39 is 0 Å². The molecule has 0 saturated carbocycles. The molecule has 4 aromatic rings. The van der Waals surface area contributed by atoms with Crippen molar-refractivity contribution in [2.45, 2.75) is 36.6 Å². The molecule has 1 aliphatic carbocycles. The molecule has 8 heteroatoms. The zero-order valence-corrected chi connectivity index (χ0v) is 17.2. The molecule has 6 nitrogen and oxygen atoms in total. The number of aromatic nitrogens is 5. The van der Waals surface area contributed by atoms with E-state index in [-0.39, 0.29) is 0 Å². The summed E-state index contributed by atoms with van der Waals surface area (Å²) in [5.74, 6) is 2.50. The molecule has 3 aromatic heterocycles. The monoisotopic (exact) mass is 423 g/mol. The van der Waals surface area contributed by atoms with Gasteiger partial charge in [-0.2, -0.15) is 0 Å². The van der Waals surface area contributed by atoms with Gasteiger partial charge in [0, 0.05) is 46.4 Å². The number of aryl methyl sites for hydroxylation is 1. The van der Waals surface area contributed by atoms with Gasteiger partial charge in [-0.1, -0.05) is 28.5 Å². The van der Waals surface area contributed by atoms with Crippen molar-refractivity contribution in [1.82, 2.24) is 24.9 Å². The van der Waals surface area contributed by atoms with Crippen LogP contribution in [0.1, 0.15) is 29.9 Å². The molecule has 146 valence electrons. The van der Waals surface area contributed by atoms with Crippen molar-refractivity contribution in [2.24, 2.45) is 0 Å². The Kier molecular flexibility index (Phi) is 5.08. The smallest absolute Gasteiger partial charge is 0.196 e. The first kappa shape index (κ1) is 18.4. The van der Waals surface area contributed by atoms with E-state index in [0.717, 1.165) is 46.5 Å². The SMILES string of the molecule is Clc1ccc(-n2c(SCc3noc4c3CCCC4)nnc2-c2ccncc2)cc1. The standard InChI is InChI=1S/C21H18ClN5OS/c22-15-5-7-16(8-6-15)27-20(14-9-11-23-12-10-14)24-25-21(27)29-13-18-17-3-1-2-4-19(17)28-26-18/h5-12H,1-4,13H2. The Bertz CT molecular complexity index is 1120. The Morgan fingerprint density at radius 1 is 1.00 bits per heavy atom. The van der Waals surface area contributed by atoms with Gasteiger partial charge in [-0.15, -0.1) is 10.2 Å². The van der Waals surface area contributed by atoms with Gasteiger partial charge >= 0.3 is 0 Å². The summed E-state index contributed by atoms with van der Waals surface area (Å²) >= 11 is 7.70. The highest BCUT2D eigenvalue weighted by Crippen LogP contribution is 2.32. The van der Waals surface area contributed by atoms with E-state index in [0.29, 0.717) is 10.8 Å². The van der Waals surface area contributed by atoms with Crippen LogP contribution < -0.4 is 0 Å². The molecule has 29 heavy (non-hydrogen) atoms. The Balaban J connectivity index is 1.50. The van der Waals surface area contributed by atoms with Crippen LogP contribution >= 0.6 is 23.4 Å². The molecule has 5 rings (SSSR count). The fraction of sp³-hybridized carbons (Fsp3) is 0.238. The fourth-order valence-corrected chi connectivity index (χ4v) is 4.61. The van der Waals surface area contributed by atoms with Gasteiger partial charge in [0.05, 0.1) is 5.69 Å². The molecule has 0 saturated heterocycles. The molecular formula is C21H18ClN5OS. The van der Waals surface area contributed by atoms with Gasteiger partial charge in [0.25, 0.3) is 0 Å². The summed E-state index contributed by atoms with van der Waals surface area (Å²) in [4.78, 5) is 4.10. The molecule has 0 amide bonds. The topological polar surface area (TPSA) is 69.6 Å². The first-order valence-corrected chi connectivity index (χ1v) is 10.9. The van der Waals surface area contributed by atoms with Gasteiger partial charge in [-0.05, 0) is 55.7 Å². The van der Waals surface area contributed by atoms with Crippen molar-refractivity contribution in [3.8, 4) is 17.1 Å². The number of pyridine rings is 1. The predicted molar refractivity (Wildman–Crippen MR) is 112 cm³/mol. The van der Waals surface area contributed by atoms with Crippen molar-refractivity contribution in [3.63, 3.8) is 0 Å². The van der Waals surface area contributed by atoms with Crippen LogP contribution in [-0.2, 0) is 18.6 Å². The highest BCUT2D eigenvalue weighted by molar-refractivity contribution is 7.98. The van der Waals surface area contributed by atoms with E-state index in [1.165, 1.54) is 18.4 Å². The number of halogens is 1. The average molecular weight is 424 g/mol. The van der Waals surface area contributed by atoms with E-state index in [4.69, 9.17) is 16.1 Å². The lowest BCUT2D eigenvalue weighted by atomic mass is 9.97. The molecule has 0 radical (unpaired) electrons. The van der Waals surface area contributed by atoms with Crippen LogP contribution in [0.15, 0.2) is 58.5 Å². The summed E-state index contributed by atoms with van der Waals surface area (Å²) in [6.45, 7) is 0. The van der Waals surface area contributed by atoms with E-state index in [1.54, 1.807) is 24.2 Å². The maximum atomic E-state index is 6.09. The first-order valence-electron chi connectivity index (χ1n) is 9.50. The van der Waals surface area contributed by atoms with Gasteiger partial charge in [-0.25, -0.2) is 0 Å². The number of hydrogen-bond donors (Lipinski definition) is 0. The van der Waals surface area contributed by atoms with Crippen LogP contribution in [0.3, 0.4) is 0 Å². The van der Waals surface area contributed by atoms with Crippen LogP contribution in [-0.4, -0.2) is 24.9 Å². The largest absolute Gasteiger partial charge is 0.361 e. The Morgan fingerprint density at radius 3 is 2.62 bits per heavy atom. The highest BCUT2D eigenvalue weighted by Gasteiger charge is 2.21. The third-order valence-electron chi connectivity index (χ3n) is 5.03. The molecular weight excluding hydrogens is 406 g/mol. The normalized spacial score (nSPS) is 13.4. The molecule has 0 bridgehead atoms. The van der Waals surface area contributed by atoms with Crippen molar-refractivity contribution >= 4 is 23.4 Å². The van der Waals surface area contributed by atoms with E-state index >= 15 is 0 Å². The van der Waals surface area contributed by atoms with Crippen LogP contribution in [0.4, 0.5) is 0 Å². The third-order valence-corrected chi connectivity index (χ3v) is 6.22. The Labute approximate surface area is 177 Å². The lowest BCUT2D eigenvalue weighted by Gasteiger charge is -2.11. The minimum absolute atomic E-state index is 0.690. The van der Waals surface area contributed by atoms with Gasteiger partial charge in [0.15, 0.2) is 11.0 Å². The molecule has 1 aromatic carbocycles. The summed E-state index contributed by atoms with van der Waals surface area (Å²) in [6.07, 6.45) is 7.91. The minimum atomic E-state index is 0.690. The van der Waals surface area contributed by atoms with E-state index in [1.807, 2.05) is 41.0 Å². The Hall–Kier alpha value is -2.64. The number of nitrogens with zero attached hydrogens (tertiary/aromatic N) is 5. The van der Waals surface area contributed by atoms with Crippen LogP contribution in [0.2, 0.25) is 5.02 Å². The zero-order chi connectivity index (χ0) is 19.6. The summed E-state index contributed by atoms with van der Waals surface area (Å²) in [5, 5.41) is 14.7. The molecule has 0 N–H and O–H groups in total. The van der Waals surface area contributed by atoms with Gasteiger partial charge in [0.2, 0.25) is 0 Å². The minimum Gasteiger partial charge on any atom is -0.361 e. The predicted octanol–water partition coefficient (Wildman–Crippen LogP) is 5.14. The summed E-state index contributed by atoms with van der Waals surface area (Å²) in [7, 11) is 0. The summed E-state index contributed by atoms with van der Waals surface area (Å²) in [5.41, 5.74) is 4.19. The third kappa shape index (κ3) is 3.68. The van der Waals surface area contributed by atoms with Crippen molar-refractivity contribution in [3.05, 3.63) is 70.8 Å². The maximum Gasteiger partial charge on any atom is 0.196 e. The molecule has 0 aliphatic heterocycles.